The summed E-state index contributed by atoms with van der Waals surface area (Å²) in [6.07, 6.45) is 4.85. The van der Waals surface area contributed by atoms with Gasteiger partial charge in [-0.2, -0.15) is 5.10 Å². The number of aromatic nitrogens is 3. The van der Waals surface area contributed by atoms with Gasteiger partial charge in [-0.1, -0.05) is 0 Å². The third-order valence-electron chi connectivity index (χ3n) is 2.47. The predicted octanol–water partition coefficient (Wildman–Crippen LogP) is 0.227. The Labute approximate surface area is 111 Å². The van der Waals surface area contributed by atoms with Gasteiger partial charge in [0, 0.05) is 24.6 Å². The van der Waals surface area contributed by atoms with Crippen LogP contribution in [0.1, 0.15) is 6.92 Å². The third-order valence-corrected chi connectivity index (χ3v) is 4.10. The molecule has 1 atom stereocenters. The molecular weight excluding hydrogens is 266 g/mol. The number of nitrogens with two attached hydrogens (primary N) is 1. The molecule has 0 bridgehead atoms. The summed E-state index contributed by atoms with van der Waals surface area (Å²) in [5.74, 6) is -0.0127. The van der Waals surface area contributed by atoms with Crippen molar-refractivity contribution in [3.05, 3.63) is 36.8 Å². The van der Waals surface area contributed by atoms with Crippen LogP contribution in [0.15, 0.2) is 41.7 Å². The number of nitrogens with one attached hydrogen (secondary N) is 1. The molecule has 0 fully saturated rings. The molecule has 0 saturated carbocycles. The molecule has 0 aliphatic rings. The molecule has 19 heavy (non-hydrogen) atoms. The van der Waals surface area contributed by atoms with Crippen LogP contribution in [0, 0.1) is 0 Å². The number of rotatable bonds is 5. The highest BCUT2D eigenvalue weighted by atomic mass is 32.2. The van der Waals surface area contributed by atoms with Crippen LogP contribution >= 0.6 is 0 Å². The van der Waals surface area contributed by atoms with Crippen LogP contribution in [-0.2, 0) is 16.6 Å². The second-order valence-corrected chi connectivity index (χ2v) is 5.82. The van der Waals surface area contributed by atoms with Crippen molar-refractivity contribution in [1.29, 1.82) is 0 Å². The maximum atomic E-state index is 12.1. The van der Waals surface area contributed by atoms with E-state index in [0.29, 0.717) is 6.54 Å². The lowest BCUT2D eigenvalue weighted by atomic mass is 10.4. The molecule has 102 valence electrons. The van der Waals surface area contributed by atoms with Gasteiger partial charge in [0.2, 0.25) is 10.0 Å². The first-order chi connectivity index (χ1) is 8.99. The van der Waals surface area contributed by atoms with Crippen LogP contribution in [0.25, 0.3) is 0 Å². The van der Waals surface area contributed by atoms with Gasteiger partial charge in [0.25, 0.3) is 0 Å². The number of nitrogen functional groups attached to an aromatic ring is 1. The van der Waals surface area contributed by atoms with E-state index in [1.165, 1.54) is 18.3 Å². The Morgan fingerprint density at radius 1 is 1.42 bits per heavy atom. The van der Waals surface area contributed by atoms with E-state index in [0.717, 1.165) is 0 Å². The van der Waals surface area contributed by atoms with Crippen LogP contribution in [-0.4, -0.2) is 29.2 Å². The second kappa shape index (κ2) is 5.37. The maximum absolute atomic E-state index is 12.1. The smallest absolute Gasteiger partial charge is 0.244 e. The summed E-state index contributed by atoms with van der Waals surface area (Å²) in [6, 6.07) is 4.42. The summed E-state index contributed by atoms with van der Waals surface area (Å²) < 4.78 is 28.5. The first-order valence-corrected chi connectivity index (χ1v) is 7.17. The Hall–Kier alpha value is -1.93. The van der Waals surface area contributed by atoms with E-state index in [-0.39, 0.29) is 16.8 Å². The third kappa shape index (κ3) is 3.30. The lowest BCUT2D eigenvalue weighted by Crippen LogP contribution is -2.36. The van der Waals surface area contributed by atoms with Crippen molar-refractivity contribution < 1.29 is 8.42 Å². The summed E-state index contributed by atoms with van der Waals surface area (Å²) in [7, 11) is -3.67. The van der Waals surface area contributed by atoms with Gasteiger partial charge in [0.1, 0.15) is 10.7 Å². The summed E-state index contributed by atoms with van der Waals surface area (Å²) in [5, 5.41) is 4.02. The number of sulfonamides is 1. The van der Waals surface area contributed by atoms with Crippen molar-refractivity contribution in [3.8, 4) is 0 Å². The zero-order chi connectivity index (χ0) is 13.9. The Bertz CT molecular complexity index is 639. The summed E-state index contributed by atoms with van der Waals surface area (Å²) >= 11 is 0. The fourth-order valence-corrected chi connectivity index (χ4v) is 3.00. The quantitative estimate of drug-likeness (QED) is 0.816. The molecule has 2 rings (SSSR count). The molecule has 0 radical (unpaired) electrons. The predicted molar refractivity (Wildman–Crippen MR) is 70.7 cm³/mol. The molecular formula is C11H15N5O2S. The molecule has 0 spiro atoms. The van der Waals surface area contributed by atoms with E-state index in [9.17, 15) is 8.42 Å². The molecule has 0 saturated heterocycles. The van der Waals surface area contributed by atoms with Gasteiger partial charge in [-0.25, -0.2) is 18.1 Å². The van der Waals surface area contributed by atoms with Crippen molar-refractivity contribution >= 4 is 15.8 Å². The number of nitrogens with zero attached hydrogens (tertiary/aromatic N) is 3. The minimum absolute atomic E-state index is 0.0117. The zero-order valence-electron chi connectivity index (χ0n) is 10.4. The van der Waals surface area contributed by atoms with Gasteiger partial charge in [-0.05, 0) is 25.1 Å². The average molecular weight is 281 g/mol. The van der Waals surface area contributed by atoms with Crippen molar-refractivity contribution in [2.75, 3.05) is 5.73 Å². The molecule has 1 unspecified atom stereocenters. The molecule has 0 aliphatic heterocycles. The molecule has 0 aromatic carbocycles. The largest absolute Gasteiger partial charge is 0.383 e. The van der Waals surface area contributed by atoms with Crippen LogP contribution in [0.5, 0.6) is 0 Å². The topological polar surface area (TPSA) is 103 Å². The minimum Gasteiger partial charge on any atom is -0.383 e. The first kappa shape index (κ1) is 13.5. The summed E-state index contributed by atoms with van der Waals surface area (Å²) in [6.45, 7) is 2.19. The Balaban J connectivity index is 2.11. The molecule has 3 N–H and O–H groups in total. The van der Waals surface area contributed by atoms with Crippen LogP contribution in [0.3, 0.4) is 0 Å². The highest BCUT2D eigenvalue weighted by Gasteiger charge is 2.20. The van der Waals surface area contributed by atoms with E-state index < -0.39 is 10.0 Å². The SMILES string of the molecule is CC(Cn1cccn1)NS(=O)(=O)c1cccnc1N. The molecule has 2 heterocycles. The number of hydrogen-bond donors (Lipinski definition) is 2. The van der Waals surface area contributed by atoms with Gasteiger partial charge in [-0.15, -0.1) is 0 Å². The zero-order valence-corrected chi connectivity index (χ0v) is 11.2. The van der Waals surface area contributed by atoms with Crippen molar-refractivity contribution in [1.82, 2.24) is 19.5 Å². The fourth-order valence-electron chi connectivity index (χ4n) is 1.68. The number of anilines is 1. The normalized spacial score (nSPS) is 13.3. The van der Waals surface area contributed by atoms with E-state index in [1.807, 2.05) is 0 Å². The van der Waals surface area contributed by atoms with Gasteiger partial charge in [-0.3, -0.25) is 4.68 Å². The summed E-state index contributed by atoms with van der Waals surface area (Å²) in [4.78, 5) is 3.76. The van der Waals surface area contributed by atoms with Crippen LogP contribution in [0.2, 0.25) is 0 Å². The van der Waals surface area contributed by atoms with Crippen LogP contribution in [0.4, 0.5) is 5.82 Å². The molecule has 0 aliphatic carbocycles. The van der Waals surface area contributed by atoms with E-state index in [2.05, 4.69) is 14.8 Å². The van der Waals surface area contributed by atoms with Gasteiger partial charge >= 0.3 is 0 Å². The van der Waals surface area contributed by atoms with Crippen molar-refractivity contribution in [3.63, 3.8) is 0 Å². The van der Waals surface area contributed by atoms with E-state index in [4.69, 9.17) is 5.73 Å². The molecule has 7 nitrogen and oxygen atoms in total. The van der Waals surface area contributed by atoms with Crippen molar-refractivity contribution in [2.45, 2.75) is 24.4 Å². The number of hydrogen-bond acceptors (Lipinski definition) is 5. The second-order valence-electron chi connectivity index (χ2n) is 4.14. The van der Waals surface area contributed by atoms with Crippen LogP contribution < -0.4 is 10.5 Å². The lowest BCUT2D eigenvalue weighted by Gasteiger charge is -2.14. The molecule has 0 amide bonds. The fraction of sp³-hybridized carbons (Fsp3) is 0.273. The average Bonchev–Trinajstić information content (AvgIpc) is 2.81. The highest BCUT2D eigenvalue weighted by Crippen LogP contribution is 2.14. The molecule has 2 aromatic rings. The Morgan fingerprint density at radius 2 is 2.21 bits per heavy atom. The molecule has 8 heteroatoms. The minimum atomic E-state index is -3.67. The highest BCUT2D eigenvalue weighted by molar-refractivity contribution is 7.89. The summed E-state index contributed by atoms with van der Waals surface area (Å²) in [5.41, 5.74) is 5.57. The van der Waals surface area contributed by atoms with E-state index >= 15 is 0 Å². The maximum Gasteiger partial charge on any atom is 0.244 e. The van der Waals surface area contributed by atoms with Crippen molar-refractivity contribution in [2.24, 2.45) is 0 Å². The van der Waals surface area contributed by atoms with Gasteiger partial charge < -0.3 is 5.73 Å². The Morgan fingerprint density at radius 3 is 2.84 bits per heavy atom. The first-order valence-electron chi connectivity index (χ1n) is 5.69. The Kier molecular flexibility index (Phi) is 3.82. The number of pyridine rings is 1. The van der Waals surface area contributed by atoms with E-state index in [1.54, 1.807) is 30.1 Å². The molecule has 2 aromatic heterocycles. The lowest BCUT2D eigenvalue weighted by molar-refractivity contribution is 0.494. The van der Waals surface area contributed by atoms with Gasteiger partial charge in [0.05, 0.1) is 6.54 Å². The monoisotopic (exact) mass is 281 g/mol. The standard InChI is InChI=1S/C11H15N5O2S/c1-9(8-16-7-3-6-14-16)15-19(17,18)10-4-2-5-13-11(10)12/h2-7,9,15H,8H2,1H3,(H2,12,13). The van der Waals surface area contributed by atoms with Gasteiger partial charge in [0.15, 0.2) is 0 Å².